The molecule has 0 radical (unpaired) electrons. The van der Waals surface area contributed by atoms with Gasteiger partial charge in [0.05, 0.1) is 0 Å². The molecule has 0 amide bonds. The minimum absolute atomic E-state index is 0.811. The zero-order chi connectivity index (χ0) is 18.7. The van der Waals surface area contributed by atoms with E-state index in [9.17, 15) is 0 Å². The van der Waals surface area contributed by atoms with Crippen LogP contribution in [0.3, 0.4) is 0 Å². The van der Waals surface area contributed by atoms with Crippen molar-refractivity contribution in [2.75, 3.05) is 0 Å². The molecule has 2 N–H and O–H groups in total. The summed E-state index contributed by atoms with van der Waals surface area (Å²) in [7, 11) is 0. The van der Waals surface area contributed by atoms with Gasteiger partial charge in [-0.05, 0) is 25.7 Å². The normalized spacial score (nSPS) is 31.9. The molecule has 0 heterocycles. The van der Waals surface area contributed by atoms with Gasteiger partial charge in [0, 0.05) is 12.1 Å². The molecule has 2 unspecified atom stereocenters. The van der Waals surface area contributed by atoms with Gasteiger partial charge in [0.1, 0.15) is 0 Å². The molecular weight excluding hydrogens is 423 g/mol. The van der Waals surface area contributed by atoms with Gasteiger partial charge in [-0.1, -0.05) is 38.5 Å². The van der Waals surface area contributed by atoms with Crippen LogP contribution >= 0.6 is 0 Å². The van der Waals surface area contributed by atoms with Gasteiger partial charge in [-0.3, -0.25) is 0 Å². The van der Waals surface area contributed by atoms with Gasteiger partial charge in [-0.15, -0.1) is 0 Å². The van der Waals surface area contributed by atoms with E-state index in [-0.39, 0.29) is 0 Å². The van der Waals surface area contributed by atoms with Crippen LogP contribution in [0.4, 0.5) is 0 Å². The molecule has 4 fully saturated rings. The molecule has 3 heteroatoms. The molecule has 161 valence electrons. The third-order valence-corrected chi connectivity index (χ3v) is 8.15. The molecule has 0 bridgehead atoms. The molecule has 2 nitrogen and oxygen atoms in total. The van der Waals surface area contributed by atoms with E-state index in [0.29, 0.717) is 0 Å². The van der Waals surface area contributed by atoms with Crippen molar-refractivity contribution in [1.82, 2.24) is 10.6 Å². The molecule has 4 aliphatic carbocycles. The predicted octanol–water partition coefficient (Wildman–Crippen LogP) is 6.43. The summed E-state index contributed by atoms with van der Waals surface area (Å²) in [5.74, 6) is 0. The van der Waals surface area contributed by atoms with Crippen LogP contribution in [-0.4, -0.2) is 24.2 Å². The van der Waals surface area contributed by atoms with E-state index in [1.807, 2.05) is 0 Å². The second-order valence-electron chi connectivity index (χ2n) is 9.75. The first-order valence-corrected chi connectivity index (χ1v) is 13.3. The monoisotopic (exact) mass is 467 g/mol. The van der Waals surface area contributed by atoms with E-state index >= 15 is 0 Å². The second kappa shape index (κ2) is 13.0. The number of hydrogen-bond acceptors (Lipinski definition) is 2. The topological polar surface area (TPSA) is 24.1 Å². The first kappa shape index (κ1) is 22.3. The van der Waals surface area contributed by atoms with Crippen LogP contribution in [0.2, 0.25) is 4.39 Å². The Hall–Kier alpha value is 0.582. The van der Waals surface area contributed by atoms with Crippen molar-refractivity contribution in [2.45, 2.75) is 151 Å². The van der Waals surface area contributed by atoms with E-state index in [2.05, 4.69) is 29.8 Å². The molecule has 4 rings (SSSR count). The Balaban J connectivity index is 0.000000156. The fourth-order valence-electron chi connectivity index (χ4n) is 5.73. The summed E-state index contributed by atoms with van der Waals surface area (Å²) < 4.78 is 0.813. The number of hydrogen-bond donors (Lipinski definition) is 2. The predicted molar refractivity (Wildman–Crippen MR) is 113 cm³/mol. The third kappa shape index (κ3) is 8.86. The first-order valence-electron chi connectivity index (χ1n) is 12.4. The van der Waals surface area contributed by atoms with Crippen molar-refractivity contribution < 1.29 is 19.2 Å². The van der Waals surface area contributed by atoms with Crippen LogP contribution in [0.15, 0.2) is 0 Å². The Bertz CT molecular complexity index is 355. The van der Waals surface area contributed by atoms with Crippen molar-refractivity contribution in [3.8, 4) is 0 Å². The van der Waals surface area contributed by atoms with Gasteiger partial charge in [-0.25, -0.2) is 0 Å². The molecule has 0 aromatic rings. The van der Waals surface area contributed by atoms with Crippen molar-refractivity contribution in [3.05, 3.63) is 0 Å². The average Bonchev–Trinajstić information content (AvgIpc) is 2.71. The van der Waals surface area contributed by atoms with Crippen LogP contribution < -0.4 is 10.6 Å². The van der Waals surface area contributed by atoms with Gasteiger partial charge < -0.3 is 5.32 Å². The quantitative estimate of drug-likeness (QED) is 0.465. The van der Waals surface area contributed by atoms with Gasteiger partial charge >= 0.3 is 98.8 Å². The molecule has 0 spiro atoms. The zero-order valence-corrected chi connectivity index (χ0v) is 19.2. The summed E-state index contributed by atoms with van der Waals surface area (Å²) in [6.07, 6.45) is 27.3. The number of rotatable bonds is 4. The average molecular weight is 468 g/mol. The van der Waals surface area contributed by atoms with Crippen molar-refractivity contribution in [3.63, 3.8) is 0 Å². The molecule has 0 saturated heterocycles. The number of nitrogens with one attached hydrogen (secondary N) is 2. The fraction of sp³-hybridized carbons (Fsp3) is 1.00. The summed E-state index contributed by atoms with van der Waals surface area (Å²) >= 11 is 3.49. The summed E-state index contributed by atoms with van der Waals surface area (Å²) in [6.45, 7) is 0. The molecule has 0 aliphatic heterocycles. The van der Waals surface area contributed by atoms with Gasteiger partial charge in [0.25, 0.3) is 0 Å². The van der Waals surface area contributed by atoms with Crippen LogP contribution in [0.1, 0.15) is 122 Å². The van der Waals surface area contributed by atoms with Gasteiger partial charge in [0.15, 0.2) is 0 Å². The van der Waals surface area contributed by atoms with Crippen molar-refractivity contribution >= 4 is 0 Å². The molecule has 2 atom stereocenters. The Morgan fingerprint density at radius 1 is 0.407 bits per heavy atom. The Labute approximate surface area is 180 Å². The van der Waals surface area contributed by atoms with Crippen molar-refractivity contribution in [2.24, 2.45) is 0 Å². The Morgan fingerprint density at radius 3 is 1.19 bits per heavy atom. The molecule has 27 heavy (non-hydrogen) atoms. The minimum atomic E-state index is 0.811. The fourth-order valence-corrected chi connectivity index (χ4v) is 6.49. The maximum absolute atomic E-state index is 3.86. The summed E-state index contributed by atoms with van der Waals surface area (Å²) in [6, 6.07) is 3.40. The van der Waals surface area contributed by atoms with Crippen LogP contribution in [0.25, 0.3) is 0 Å². The Kier molecular flexibility index (Phi) is 10.7. The van der Waals surface area contributed by atoms with E-state index in [4.69, 9.17) is 0 Å². The summed E-state index contributed by atoms with van der Waals surface area (Å²) in [4.78, 5) is 0. The molecular formula is C24H45N2Pd. The SMILES string of the molecule is C1CCC(NC2CCCCC2)CC1.[Pd][CH]1CCCC(NC2CCCCC2)C1. The molecule has 4 aliphatic rings. The molecule has 0 aromatic carbocycles. The summed E-state index contributed by atoms with van der Waals surface area (Å²) in [5.41, 5.74) is 0. The summed E-state index contributed by atoms with van der Waals surface area (Å²) in [5, 5.41) is 7.72. The van der Waals surface area contributed by atoms with E-state index in [0.717, 1.165) is 28.6 Å². The van der Waals surface area contributed by atoms with Crippen molar-refractivity contribution in [1.29, 1.82) is 0 Å². The molecule has 4 saturated carbocycles. The standard InChI is InChI=1S/C12H23N.C12H22N.Pd/c2*1-3-7-11(8-4-1)13-12-9-5-2-6-10-12;/h11-13H,1-10H2;3,11-13H,1-2,4-10H2;. The van der Waals surface area contributed by atoms with Crippen LogP contribution in [0, 0.1) is 0 Å². The van der Waals surface area contributed by atoms with Crippen LogP contribution in [0.5, 0.6) is 0 Å². The Morgan fingerprint density at radius 2 is 0.778 bits per heavy atom. The maximum atomic E-state index is 3.86. The van der Waals surface area contributed by atoms with E-state index < -0.39 is 0 Å². The first-order chi connectivity index (χ1) is 13.3. The zero-order valence-electron chi connectivity index (χ0n) is 17.6. The second-order valence-corrected chi connectivity index (χ2v) is 11.0. The van der Waals surface area contributed by atoms with E-state index in [1.165, 1.54) is 122 Å². The van der Waals surface area contributed by atoms with E-state index in [1.54, 1.807) is 0 Å². The third-order valence-electron chi connectivity index (χ3n) is 7.34. The van der Waals surface area contributed by atoms with Crippen LogP contribution in [-0.2, 0) is 19.2 Å². The van der Waals surface area contributed by atoms with Gasteiger partial charge in [-0.2, -0.15) is 0 Å². The molecule has 0 aromatic heterocycles. The van der Waals surface area contributed by atoms with Gasteiger partial charge in [0.2, 0.25) is 0 Å².